The third-order valence-corrected chi connectivity index (χ3v) is 6.21. The molecule has 4 heterocycles. The van der Waals surface area contributed by atoms with Gasteiger partial charge in [0.05, 0.1) is 10.4 Å². The first-order valence-corrected chi connectivity index (χ1v) is 9.31. The minimum Gasteiger partial charge on any atom is -0.381 e. The molecule has 5 nitrogen and oxygen atoms in total. The van der Waals surface area contributed by atoms with E-state index < -0.39 is 0 Å². The lowest BCUT2D eigenvalue weighted by atomic mass is 10.00. The third-order valence-electron chi connectivity index (χ3n) is 5.28. The van der Waals surface area contributed by atoms with Gasteiger partial charge in [-0.1, -0.05) is 0 Å². The van der Waals surface area contributed by atoms with Crippen LogP contribution in [-0.4, -0.2) is 47.5 Å². The maximum Gasteiger partial charge on any atom is 0.270 e. The first kappa shape index (κ1) is 13.7. The van der Waals surface area contributed by atoms with E-state index in [1.165, 1.54) is 25.8 Å². The molecule has 1 aliphatic carbocycles. The van der Waals surface area contributed by atoms with Gasteiger partial charge in [-0.05, 0) is 37.8 Å². The molecule has 3 fully saturated rings. The second-order valence-electron chi connectivity index (χ2n) is 7.02. The summed E-state index contributed by atoms with van der Waals surface area (Å²) in [5, 5.41) is 10.00. The highest BCUT2D eigenvalue weighted by atomic mass is 32.1. The van der Waals surface area contributed by atoms with Gasteiger partial charge >= 0.3 is 0 Å². The van der Waals surface area contributed by atoms with Crippen molar-refractivity contribution >= 4 is 33.0 Å². The number of carbonyl (C=O) groups excluding carboxylic acids is 1. The molecule has 120 valence electrons. The number of pyridine rings is 1. The normalized spacial score (nSPS) is 29.1. The third kappa shape index (κ3) is 2.50. The number of thiophene rings is 1. The maximum absolute atomic E-state index is 12.6. The van der Waals surface area contributed by atoms with E-state index in [9.17, 15) is 4.79 Å². The molecule has 0 radical (unpaired) electrons. The highest BCUT2D eigenvalue weighted by Crippen LogP contribution is 2.34. The zero-order valence-electron chi connectivity index (χ0n) is 12.9. The highest BCUT2D eigenvalue weighted by molar-refractivity contribution is 7.17. The average molecular weight is 328 g/mol. The molecule has 2 saturated heterocycles. The van der Waals surface area contributed by atoms with E-state index in [0.29, 0.717) is 23.7 Å². The van der Waals surface area contributed by atoms with Crippen LogP contribution in [0.5, 0.6) is 0 Å². The van der Waals surface area contributed by atoms with Gasteiger partial charge in [-0.2, -0.15) is 0 Å². The summed E-state index contributed by atoms with van der Waals surface area (Å²) in [7, 11) is 0. The van der Waals surface area contributed by atoms with E-state index in [2.05, 4.69) is 25.9 Å². The molecule has 5 rings (SSSR count). The Morgan fingerprint density at radius 3 is 2.96 bits per heavy atom. The summed E-state index contributed by atoms with van der Waals surface area (Å²) in [4.78, 5) is 19.4. The van der Waals surface area contributed by atoms with Gasteiger partial charge in [0.2, 0.25) is 0 Å². The molecule has 1 amide bonds. The fourth-order valence-corrected chi connectivity index (χ4v) is 4.66. The molecule has 23 heavy (non-hydrogen) atoms. The van der Waals surface area contributed by atoms with Gasteiger partial charge < -0.3 is 15.5 Å². The van der Waals surface area contributed by atoms with Crippen molar-refractivity contribution in [1.29, 1.82) is 0 Å². The number of nitrogens with one attached hydrogen (secondary N) is 2. The molecule has 2 N–H and O–H groups in total. The Balaban J connectivity index is 1.37. The van der Waals surface area contributed by atoms with Crippen molar-refractivity contribution in [2.45, 2.75) is 31.3 Å². The van der Waals surface area contributed by atoms with Crippen LogP contribution in [0.3, 0.4) is 0 Å². The lowest BCUT2D eigenvalue weighted by Crippen LogP contribution is -2.43. The monoisotopic (exact) mass is 328 g/mol. The van der Waals surface area contributed by atoms with E-state index in [0.717, 1.165) is 28.9 Å². The van der Waals surface area contributed by atoms with E-state index in [4.69, 9.17) is 0 Å². The Bertz CT molecular complexity index is 769. The van der Waals surface area contributed by atoms with Crippen molar-refractivity contribution in [3.8, 4) is 0 Å². The second-order valence-corrected chi connectivity index (χ2v) is 7.93. The molecule has 0 spiro atoms. The Kier molecular flexibility index (Phi) is 3.09. The predicted octanol–water partition coefficient (Wildman–Crippen LogP) is 2.30. The molecule has 2 aromatic heterocycles. The number of hydrogen-bond acceptors (Lipinski definition) is 5. The van der Waals surface area contributed by atoms with Gasteiger partial charge in [-0.3, -0.25) is 4.79 Å². The van der Waals surface area contributed by atoms with Crippen LogP contribution in [-0.2, 0) is 0 Å². The summed E-state index contributed by atoms with van der Waals surface area (Å²) in [5.41, 5.74) is 1.68. The van der Waals surface area contributed by atoms with Gasteiger partial charge in [-0.15, -0.1) is 11.3 Å². The topological polar surface area (TPSA) is 57.3 Å². The molecule has 2 aliphatic heterocycles. The van der Waals surface area contributed by atoms with Crippen molar-refractivity contribution in [3.63, 3.8) is 0 Å². The fraction of sp³-hybridized carbons (Fsp3) is 0.529. The maximum atomic E-state index is 12.6. The first-order valence-electron chi connectivity index (χ1n) is 8.43. The van der Waals surface area contributed by atoms with Crippen LogP contribution in [0.1, 0.15) is 29.8 Å². The number of hydrogen-bond donors (Lipinski definition) is 2. The number of anilines is 1. The SMILES string of the molecule is O=C(NC1CN2CC[C@H]1C2)c1cc2c(NC3CC3)csc2cn1. The van der Waals surface area contributed by atoms with Gasteiger partial charge in [0.15, 0.2) is 0 Å². The summed E-state index contributed by atoms with van der Waals surface area (Å²) in [6.07, 6.45) is 5.53. The minimum atomic E-state index is -0.0331. The van der Waals surface area contributed by atoms with Gasteiger partial charge in [-0.25, -0.2) is 4.98 Å². The summed E-state index contributed by atoms with van der Waals surface area (Å²) in [5.74, 6) is 0.588. The van der Waals surface area contributed by atoms with E-state index in [1.807, 2.05) is 12.3 Å². The molecule has 2 unspecified atom stereocenters. The fourth-order valence-electron chi connectivity index (χ4n) is 3.81. The van der Waals surface area contributed by atoms with Crippen molar-refractivity contribution in [2.24, 2.45) is 5.92 Å². The number of nitrogens with zero attached hydrogens (tertiary/aromatic N) is 2. The quantitative estimate of drug-likeness (QED) is 0.904. The lowest BCUT2D eigenvalue weighted by molar-refractivity contribution is 0.0919. The number of aromatic nitrogens is 1. The number of carbonyl (C=O) groups is 1. The zero-order valence-corrected chi connectivity index (χ0v) is 13.7. The number of rotatable bonds is 4. The van der Waals surface area contributed by atoms with Crippen LogP contribution in [0.15, 0.2) is 17.6 Å². The number of fused-ring (bicyclic) bond motifs is 3. The minimum absolute atomic E-state index is 0.0331. The largest absolute Gasteiger partial charge is 0.381 e. The molecule has 3 atom stereocenters. The van der Waals surface area contributed by atoms with Crippen LogP contribution in [0, 0.1) is 5.92 Å². The van der Waals surface area contributed by atoms with Crippen molar-refractivity contribution < 1.29 is 4.79 Å². The molecule has 0 aromatic carbocycles. The molecule has 2 aromatic rings. The highest BCUT2D eigenvalue weighted by Gasteiger charge is 2.38. The lowest BCUT2D eigenvalue weighted by Gasteiger charge is -2.22. The Hall–Kier alpha value is -1.66. The van der Waals surface area contributed by atoms with E-state index >= 15 is 0 Å². The molecule has 3 aliphatic rings. The van der Waals surface area contributed by atoms with Gasteiger partial charge in [0, 0.05) is 42.1 Å². The molecular weight excluding hydrogens is 308 g/mol. The number of amides is 1. The first-order chi connectivity index (χ1) is 11.3. The van der Waals surface area contributed by atoms with E-state index in [-0.39, 0.29) is 5.91 Å². The second kappa shape index (κ2) is 5.18. The van der Waals surface area contributed by atoms with Crippen LogP contribution in [0.4, 0.5) is 5.69 Å². The van der Waals surface area contributed by atoms with Crippen LogP contribution in [0.25, 0.3) is 10.1 Å². The standard InChI is InChI=1S/C17H20N4OS/c22-17(20-14-8-21-4-3-10(14)7-21)13-5-12-15(19-11-1-2-11)9-23-16(12)6-18-13/h5-6,9-11,14,19H,1-4,7-8H2,(H,20,22)/t10-,14?/m0/s1. The van der Waals surface area contributed by atoms with Gasteiger partial charge in [0.25, 0.3) is 5.91 Å². The average Bonchev–Trinajstić information content (AvgIpc) is 2.96. The molecule has 6 heteroatoms. The molecule has 2 bridgehead atoms. The number of piperidine rings is 1. The summed E-state index contributed by atoms with van der Waals surface area (Å²) >= 11 is 1.68. The molecule has 1 saturated carbocycles. The molecular formula is C17H20N4OS. The summed E-state index contributed by atoms with van der Waals surface area (Å²) < 4.78 is 1.13. The van der Waals surface area contributed by atoms with Crippen molar-refractivity contribution in [3.05, 3.63) is 23.3 Å². The Morgan fingerprint density at radius 1 is 1.30 bits per heavy atom. The predicted molar refractivity (Wildman–Crippen MR) is 92.1 cm³/mol. The van der Waals surface area contributed by atoms with E-state index in [1.54, 1.807) is 11.3 Å². The van der Waals surface area contributed by atoms with Gasteiger partial charge in [0.1, 0.15) is 5.69 Å². The van der Waals surface area contributed by atoms with Crippen LogP contribution in [0.2, 0.25) is 0 Å². The van der Waals surface area contributed by atoms with Crippen molar-refractivity contribution in [1.82, 2.24) is 15.2 Å². The van der Waals surface area contributed by atoms with Crippen LogP contribution < -0.4 is 10.6 Å². The van der Waals surface area contributed by atoms with Crippen molar-refractivity contribution in [2.75, 3.05) is 25.0 Å². The smallest absolute Gasteiger partial charge is 0.270 e. The van der Waals surface area contributed by atoms with Crippen LogP contribution >= 0.6 is 11.3 Å². The zero-order chi connectivity index (χ0) is 15.4. The Labute approximate surface area is 139 Å². The summed E-state index contributed by atoms with van der Waals surface area (Å²) in [6.45, 7) is 3.31. The Morgan fingerprint density at radius 2 is 2.22 bits per heavy atom. The summed E-state index contributed by atoms with van der Waals surface area (Å²) in [6, 6.07) is 2.85.